The van der Waals surface area contributed by atoms with Crippen molar-refractivity contribution in [1.82, 2.24) is 4.57 Å². The molecule has 0 aliphatic rings. The van der Waals surface area contributed by atoms with Crippen LogP contribution in [0.5, 0.6) is 5.75 Å². The van der Waals surface area contributed by atoms with Gasteiger partial charge >= 0.3 is 12.1 Å². The third-order valence-electron chi connectivity index (χ3n) is 3.52. The van der Waals surface area contributed by atoms with Crippen molar-refractivity contribution in [3.05, 3.63) is 38.8 Å². The van der Waals surface area contributed by atoms with E-state index in [1.807, 2.05) is 0 Å². The fourth-order valence-electron chi connectivity index (χ4n) is 2.28. The van der Waals surface area contributed by atoms with Crippen LogP contribution in [0, 0.1) is 18.2 Å². The molecule has 1 aromatic carbocycles. The Labute approximate surface area is 164 Å². The van der Waals surface area contributed by atoms with Gasteiger partial charge in [-0.25, -0.2) is 4.39 Å². The zero-order valence-electron chi connectivity index (χ0n) is 13.2. The predicted octanol–water partition coefficient (Wildman–Crippen LogP) is 6.46. The second-order valence-electron chi connectivity index (χ2n) is 5.21. The fourth-order valence-corrected chi connectivity index (χ4v) is 3.26. The summed E-state index contributed by atoms with van der Waals surface area (Å²) >= 11 is 17.5. The van der Waals surface area contributed by atoms with E-state index in [1.165, 1.54) is 0 Å². The second kappa shape index (κ2) is 7.38. The standard InChI is InChI=1S/C16H8Cl3F6NO/c1-3-4-27-10-5-7(9(20)6-8(10)17)11-12(18)13(26(2)14(11)19)15(21,22)16(23,24)25/h1,5-6H,4H2,2H3. The first-order chi connectivity index (χ1) is 12.3. The van der Waals surface area contributed by atoms with Gasteiger partial charge in [-0.15, -0.1) is 6.42 Å². The number of alkyl halides is 5. The summed E-state index contributed by atoms with van der Waals surface area (Å²) in [5, 5.41) is -1.90. The lowest BCUT2D eigenvalue weighted by molar-refractivity contribution is -0.291. The van der Waals surface area contributed by atoms with Crippen molar-refractivity contribution in [2.45, 2.75) is 12.1 Å². The van der Waals surface area contributed by atoms with E-state index < -0.39 is 44.9 Å². The molecule has 0 saturated heterocycles. The lowest BCUT2D eigenvalue weighted by Gasteiger charge is -2.20. The highest BCUT2D eigenvalue weighted by Gasteiger charge is 2.61. The monoisotopic (exact) mass is 449 g/mol. The maximum absolute atomic E-state index is 14.4. The molecular weight excluding hydrogens is 443 g/mol. The molecule has 27 heavy (non-hydrogen) atoms. The highest BCUT2D eigenvalue weighted by molar-refractivity contribution is 6.40. The summed E-state index contributed by atoms with van der Waals surface area (Å²) in [6, 6.07) is 1.72. The van der Waals surface area contributed by atoms with E-state index in [-0.39, 0.29) is 17.4 Å². The Balaban J connectivity index is 2.76. The highest BCUT2D eigenvalue weighted by atomic mass is 35.5. The summed E-state index contributed by atoms with van der Waals surface area (Å²) in [4.78, 5) is 0. The molecule has 2 rings (SSSR count). The number of nitrogens with zero attached hydrogens (tertiary/aromatic N) is 1. The van der Waals surface area contributed by atoms with E-state index in [0.29, 0.717) is 4.57 Å². The van der Waals surface area contributed by atoms with E-state index in [1.54, 1.807) is 0 Å². The smallest absolute Gasteiger partial charge is 0.459 e. The van der Waals surface area contributed by atoms with Crippen LogP contribution < -0.4 is 4.74 Å². The van der Waals surface area contributed by atoms with Crippen molar-refractivity contribution in [2.24, 2.45) is 7.05 Å². The number of ether oxygens (including phenoxy) is 1. The van der Waals surface area contributed by atoms with Crippen LogP contribution in [0.2, 0.25) is 15.2 Å². The molecule has 1 heterocycles. The minimum atomic E-state index is -5.94. The van der Waals surface area contributed by atoms with Gasteiger partial charge in [-0.3, -0.25) is 0 Å². The zero-order chi connectivity index (χ0) is 20.7. The first kappa shape index (κ1) is 21.6. The number of halogens is 9. The molecule has 0 N–H and O–H groups in total. The molecule has 11 heteroatoms. The Morgan fingerprint density at radius 1 is 1.15 bits per heavy atom. The molecule has 0 aliphatic heterocycles. The maximum Gasteiger partial charge on any atom is 0.459 e. The van der Waals surface area contributed by atoms with E-state index in [9.17, 15) is 26.3 Å². The van der Waals surface area contributed by atoms with Crippen molar-refractivity contribution in [3.8, 4) is 29.2 Å². The van der Waals surface area contributed by atoms with E-state index in [4.69, 9.17) is 46.0 Å². The Morgan fingerprint density at radius 2 is 1.74 bits per heavy atom. The zero-order valence-corrected chi connectivity index (χ0v) is 15.5. The van der Waals surface area contributed by atoms with E-state index in [2.05, 4.69) is 5.92 Å². The molecular formula is C16H8Cl3F6NO. The summed E-state index contributed by atoms with van der Waals surface area (Å²) < 4.78 is 85.8. The fraction of sp³-hybridized carbons (Fsp3) is 0.250. The molecule has 0 radical (unpaired) electrons. The van der Waals surface area contributed by atoms with Gasteiger partial charge in [-0.1, -0.05) is 40.7 Å². The number of aromatic nitrogens is 1. The predicted molar refractivity (Wildman–Crippen MR) is 90.1 cm³/mol. The molecule has 146 valence electrons. The van der Waals surface area contributed by atoms with Crippen LogP contribution in [-0.4, -0.2) is 17.4 Å². The molecule has 0 aliphatic carbocycles. The molecule has 0 spiro atoms. The normalized spacial score (nSPS) is 12.2. The van der Waals surface area contributed by atoms with Gasteiger partial charge in [-0.05, 0) is 12.1 Å². The molecule has 0 atom stereocenters. The summed E-state index contributed by atoms with van der Waals surface area (Å²) in [6.45, 7) is -0.252. The van der Waals surface area contributed by atoms with Crippen LogP contribution in [-0.2, 0) is 13.0 Å². The lowest BCUT2D eigenvalue weighted by Crippen LogP contribution is -2.35. The second-order valence-corrected chi connectivity index (χ2v) is 6.36. The number of benzene rings is 1. The van der Waals surface area contributed by atoms with Gasteiger partial charge in [0, 0.05) is 18.2 Å². The van der Waals surface area contributed by atoms with Gasteiger partial charge in [0.05, 0.1) is 10.0 Å². The van der Waals surface area contributed by atoms with Gasteiger partial charge in [0.1, 0.15) is 29.0 Å². The Morgan fingerprint density at radius 3 is 2.26 bits per heavy atom. The number of rotatable bonds is 4. The largest absolute Gasteiger partial charge is 0.479 e. The van der Waals surface area contributed by atoms with Crippen LogP contribution in [0.25, 0.3) is 11.1 Å². The maximum atomic E-state index is 14.4. The molecule has 0 fully saturated rings. The summed E-state index contributed by atoms with van der Waals surface area (Å²) in [6.07, 6.45) is -0.904. The van der Waals surface area contributed by atoms with E-state index >= 15 is 0 Å². The first-order valence-electron chi connectivity index (χ1n) is 6.88. The van der Waals surface area contributed by atoms with Gasteiger partial charge in [-0.2, -0.15) is 22.0 Å². The Bertz CT molecular complexity index is 930. The molecule has 0 unspecified atom stereocenters. The summed E-state index contributed by atoms with van der Waals surface area (Å²) in [5.74, 6) is -4.39. The van der Waals surface area contributed by atoms with Crippen molar-refractivity contribution in [1.29, 1.82) is 0 Å². The van der Waals surface area contributed by atoms with Crippen molar-refractivity contribution in [3.63, 3.8) is 0 Å². The molecule has 2 nitrogen and oxygen atoms in total. The third kappa shape index (κ3) is 3.68. The Hall–Kier alpha value is -1.69. The average Bonchev–Trinajstić information content (AvgIpc) is 2.76. The molecule has 0 bridgehead atoms. The van der Waals surface area contributed by atoms with Crippen molar-refractivity contribution >= 4 is 34.8 Å². The van der Waals surface area contributed by atoms with Crippen LogP contribution >= 0.6 is 34.8 Å². The van der Waals surface area contributed by atoms with Gasteiger partial charge in [0.15, 0.2) is 0 Å². The highest BCUT2D eigenvalue weighted by Crippen LogP contribution is 2.52. The van der Waals surface area contributed by atoms with Gasteiger partial charge < -0.3 is 9.30 Å². The minimum absolute atomic E-state index is 0.133. The Kier molecular flexibility index (Phi) is 5.91. The quantitative estimate of drug-likeness (QED) is 0.385. The third-order valence-corrected chi connectivity index (χ3v) is 4.62. The first-order valence-corrected chi connectivity index (χ1v) is 8.02. The topological polar surface area (TPSA) is 14.2 Å². The van der Waals surface area contributed by atoms with Crippen LogP contribution in [0.1, 0.15) is 5.69 Å². The SMILES string of the molecule is C#CCOc1cc(-c2c(Cl)c(C(F)(F)C(F)(F)F)n(C)c2Cl)c(F)cc1Cl. The number of hydrogen-bond acceptors (Lipinski definition) is 1. The molecule has 0 saturated carbocycles. The van der Waals surface area contributed by atoms with Crippen LogP contribution in [0.3, 0.4) is 0 Å². The molecule has 2 aromatic rings. The van der Waals surface area contributed by atoms with Crippen molar-refractivity contribution < 1.29 is 31.1 Å². The number of hydrogen-bond donors (Lipinski definition) is 0. The summed E-state index contributed by atoms with van der Waals surface area (Å²) in [5.41, 5.74) is -2.68. The van der Waals surface area contributed by atoms with E-state index in [0.717, 1.165) is 19.2 Å². The minimum Gasteiger partial charge on any atom is -0.479 e. The van der Waals surface area contributed by atoms with Crippen LogP contribution in [0.15, 0.2) is 12.1 Å². The molecule has 1 aromatic heterocycles. The average molecular weight is 451 g/mol. The molecule has 0 amide bonds. The van der Waals surface area contributed by atoms with Gasteiger partial charge in [0.25, 0.3) is 0 Å². The summed E-state index contributed by atoms with van der Waals surface area (Å²) in [7, 11) is 0.844. The van der Waals surface area contributed by atoms with Crippen molar-refractivity contribution in [2.75, 3.05) is 6.61 Å². The van der Waals surface area contributed by atoms with Gasteiger partial charge in [0.2, 0.25) is 0 Å². The lowest BCUT2D eigenvalue weighted by atomic mass is 10.1. The number of terminal acetylenes is 1. The van der Waals surface area contributed by atoms with Crippen LogP contribution in [0.4, 0.5) is 26.3 Å².